The van der Waals surface area contributed by atoms with Crippen LogP contribution in [0.15, 0.2) is 41.2 Å². The van der Waals surface area contributed by atoms with Gasteiger partial charge in [0.15, 0.2) is 0 Å². The number of cyclic esters (lactones) is 1. The van der Waals surface area contributed by atoms with Gasteiger partial charge in [-0.3, -0.25) is 4.79 Å². The molecule has 0 saturated heterocycles. The summed E-state index contributed by atoms with van der Waals surface area (Å²) in [6.45, 7) is 2.26. The van der Waals surface area contributed by atoms with Crippen LogP contribution in [0.3, 0.4) is 0 Å². The molecule has 2 aromatic heterocycles. The van der Waals surface area contributed by atoms with Gasteiger partial charge in [0.25, 0.3) is 5.56 Å². The summed E-state index contributed by atoms with van der Waals surface area (Å²) in [5.41, 5.74) is 9.29. The van der Waals surface area contributed by atoms with Crippen LogP contribution in [0.5, 0.6) is 0 Å². The Morgan fingerprint density at radius 2 is 2.08 bits per heavy atom. The highest BCUT2D eigenvalue weighted by Crippen LogP contribution is 2.37. The Kier molecular flexibility index (Phi) is 2.95. The van der Waals surface area contributed by atoms with Crippen LogP contribution in [0.4, 0.5) is 0 Å². The zero-order chi connectivity index (χ0) is 18.1. The van der Waals surface area contributed by atoms with Crippen LogP contribution in [0.1, 0.15) is 30.0 Å². The number of carbonyl (C=O) groups is 1. The first-order chi connectivity index (χ1) is 12.5. The van der Waals surface area contributed by atoms with Crippen molar-refractivity contribution in [1.29, 1.82) is 0 Å². The average molecular weight is 347 g/mol. The lowest BCUT2D eigenvalue weighted by molar-refractivity contribution is -0.154. The van der Waals surface area contributed by atoms with Crippen molar-refractivity contribution in [1.82, 2.24) is 9.55 Å². The number of carbonyl (C=O) groups excluding carboxylic acids is 1. The molecule has 3 aromatic rings. The number of rotatable bonds is 1. The molecule has 6 nitrogen and oxygen atoms in total. The molecule has 26 heavy (non-hydrogen) atoms. The Morgan fingerprint density at radius 3 is 2.88 bits per heavy atom. The molecule has 2 N–H and O–H groups in total. The molecule has 6 heteroatoms. The number of benzene rings is 1. The van der Waals surface area contributed by atoms with Crippen LogP contribution in [-0.4, -0.2) is 15.5 Å². The van der Waals surface area contributed by atoms with Crippen LogP contribution in [-0.2, 0) is 28.2 Å². The summed E-state index contributed by atoms with van der Waals surface area (Å²) < 4.78 is 6.90. The first-order valence-corrected chi connectivity index (χ1v) is 8.65. The Hall–Kier alpha value is -2.99. The van der Waals surface area contributed by atoms with E-state index in [9.17, 15) is 9.59 Å². The first-order valence-electron chi connectivity index (χ1n) is 8.65. The SMILES string of the molecule is CC[C@@]1(N)C(=O)OCc2c1cc1n(c2=O)Cc2cc3ccccc3nc2-1. The predicted octanol–water partition coefficient (Wildman–Crippen LogP) is 2.05. The van der Waals surface area contributed by atoms with E-state index in [0.717, 1.165) is 22.2 Å². The molecule has 0 unspecified atom stereocenters. The van der Waals surface area contributed by atoms with Crippen LogP contribution in [0.25, 0.3) is 22.3 Å². The van der Waals surface area contributed by atoms with Crippen molar-refractivity contribution in [2.75, 3.05) is 0 Å². The number of nitrogens with zero attached hydrogens (tertiary/aromatic N) is 2. The van der Waals surface area contributed by atoms with E-state index >= 15 is 0 Å². The van der Waals surface area contributed by atoms with Gasteiger partial charge in [-0.2, -0.15) is 0 Å². The second-order valence-electron chi connectivity index (χ2n) is 6.90. The molecular formula is C20H17N3O3. The van der Waals surface area contributed by atoms with Gasteiger partial charge >= 0.3 is 5.97 Å². The molecule has 5 rings (SSSR count). The summed E-state index contributed by atoms with van der Waals surface area (Å²) in [5.74, 6) is -0.485. The van der Waals surface area contributed by atoms with Crippen molar-refractivity contribution >= 4 is 16.9 Å². The number of hydrogen-bond donors (Lipinski definition) is 1. The number of esters is 1. The standard InChI is InChI=1S/C20H17N3O3/c1-2-20(21)14-8-16-17-12(7-11-5-3-4-6-15(11)22-17)9-23(16)18(24)13(14)10-26-19(20)25/h3-8H,2,9-10,21H2,1H3/t20-/m0/s1. The van der Waals surface area contributed by atoms with Crippen LogP contribution >= 0.6 is 0 Å². The Bertz CT molecular complexity index is 1160. The molecule has 130 valence electrons. The predicted molar refractivity (Wildman–Crippen MR) is 96.5 cm³/mol. The number of ether oxygens (including phenoxy) is 1. The number of aromatic nitrogens is 2. The van der Waals surface area contributed by atoms with E-state index < -0.39 is 11.5 Å². The molecule has 0 amide bonds. The van der Waals surface area contributed by atoms with E-state index in [4.69, 9.17) is 15.5 Å². The monoisotopic (exact) mass is 347 g/mol. The molecule has 0 radical (unpaired) electrons. The number of pyridine rings is 2. The summed E-state index contributed by atoms with van der Waals surface area (Å²) in [7, 11) is 0. The highest BCUT2D eigenvalue weighted by atomic mass is 16.5. The largest absolute Gasteiger partial charge is 0.459 e. The molecule has 4 heterocycles. The molecule has 1 aromatic carbocycles. The summed E-state index contributed by atoms with van der Waals surface area (Å²) in [6, 6.07) is 11.8. The molecule has 1 atom stereocenters. The summed E-state index contributed by atoms with van der Waals surface area (Å²) in [4.78, 5) is 30.1. The third kappa shape index (κ3) is 1.82. The van der Waals surface area contributed by atoms with Gasteiger partial charge in [0.05, 0.1) is 29.0 Å². The third-order valence-corrected chi connectivity index (χ3v) is 5.52. The van der Waals surface area contributed by atoms with Crippen molar-refractivity contribution in [2.45, 2.75) is 32.0 Å². The van der Waals surface area contributed by atoms with Crippen molar-refractivity contribution < 1.29 is 9.53 Å². The van der Waals surface area contributed by atoms with E-state index in [2.05, 4.69) is 6.07 Å². The number of hydrogen-bond acceptors (Lipinski definition) is 5. The Balaban J connectivity index is 1.81. The molecule has 0 aliphatic carbocycles. The van der Waals surface area contributed by atoms with Gasteiger partial charge in [0.2, 0.25) is 0 Å². The molecule has 2 aliphatic rings. The van der Waals surface area contributed by atoms with E-state index in [-0.39, 0.29) is 12.2 Å². The van der Waals surface area contributed by atoms with Crippen molar-refractivity contribution in [2.24, 2.45) is 5.73 Å². The lowest BCUT2D eigenvalue weighted by Crippen LogP contribution is -2.50. The normalized spacial score (nSPS) is 20.5. The highest BCUT2D eigenvalue weighted by Gasteiger charge is 2.43. The van der Waals surface area contributed by atoms with E-state index in [0.29, 0.717) is 29.8 Å². The quantitative estimate of drug-likeness (QED) is 0.533. The van der Waals surface area contributed by atoms with Crippen molar-refractivity contribution in [3.8, 4) is 11.4 Å². The van der Waals surface area contributed by atoms with E-state index in [1.165, 1.54) is 0 Å². The minimum Gasteiger partial charge on any atom is -0.459 e. The summed E-state index contributed by atoms with van der Waals surface area (Å²) in [6.07, 6.45) is 0.361. The second kappa shape index (κ2) is 5.02. The molecule has 0 spiro atoms. The lowest BCUT2D eigenvalue weighted by Gasteiger charge is -2.32. The van der Waals surface area contributed by atoms with Crippen LogP contribution < -0.4 is 11.3 Å². The van der Waals surface area contributed by atoms with Crippen LogP contribution in [0.2, 0.25) is 0 Å². The van der Waals surface area contributed by atoms with Crippen molar-refractivity contribution in [3.05, 3.63) is 63.4 Å². The fraction of sp³-hybridized carbons (Fsp3) is 0.250. The zero-order valence-corrected chi connectivity index (χ0v) is 14.3. The Morgan fingerprint density at radius 1 is 1.27 bits per heavy atom. The van der Waals surface area contributed by atoms with Gasteiger partial charge < -0.3 is 15.0 Å². The zero-order valence-electron chi connectivity index (χ0n) is 14.3. The molecule has 2 aliphatic heterocycles. The van der Waals surface area contributed by atoms with Gasteiger partial charge in [-0.25, -0.2) is 9.78 Å². The third-order valence-electron chi connectivity index (χ3n) is 5.52. The van der Waals surface area contributed by atoms with Gasteiger partial charge in [0.1, 0.15) is 12.1 Å². The number of fused-ring (bicyclic) bond motifs is 5. The second-order valence-corrected chi connectivity index (χ2v) is 6.90. The van der Waals surface area contributed by atoms with Crippen molar-refractivity contribution in [3.63, 3.8) is 0 Å². The highest BCUT2D eigenvalue weighted by molar-refractivity contribution is 5.86. The smallest absolute Gasteiger partial charge is 0.331 e. The maximum Gasteiger partial charge on any atom is 0.331 e. The summed E-state index contributed by atoms with van der Waals surface area (Å²) >= 11 is 0. The number of para-hydroxylation sites is 1. The average Bonchev–Trinajstić information content (AvgIpc) is 3.01. The topological polar surface area (TPSA) is 87.2 Å². The fourth-order valence-electron chi connectivity index (χ4n) is 3.96. The summed E-state index contributed by atoms with van der Waals surface area (Å²) in [5, 5.41) is 1.04. The van der Waals surface area contributed by atoms with Gasteiger partial charge in [-0.1, -0.05) is 25.1 Å². The maximum atomic E-state index is 13.1. The first kappa shape index (κ1) is 15.3. The van der Waals surface area contributed by atoms with E-state index in [1.54, 1.807) is 4.57 Å². The molecule has 0 bridgehead atoms. The maximum absolute atomic E-state index is 13.1. The molecule has 0 saturated carbocycles. The number of nitrogens with two attached hydrogens (primary N) is 1. The molecular weight excluding hydrogens is 330 g/mol. The minimum atomic E-state index is -1.29. The van der Waals surface area contributed by atoms with Gasteiger partial charge in [-0.15, -0.1) is 0 Å². The minimum absolute atomic E-state index is 0.0298. The Labute approximate surface area is 149 Å². The van der Waals surface area contributed by atoms with Gasteiger partial charge in [0, 0.05) is 10.9 Å². The van der Waals surface area contributed by atoms with Gasteiger partial charge in [-0.05, 0) is 30.2 Å². The van der Waals surface area contributed by atoms with E-state index in [1.807, 2.05) is 37.3 Å². The fourth-order valence-corrected chi connectivity index (χ4v) is 3.96. The van der Waals surface area contributed by atoms with Crippen LogP contribution in [0, 0.1) is 0 Å². The lowest BCUT2D eigenvalue weighted by atomic mass is 9.83. The molecule has 0 fully saturated rings.